The van der Waals surface area contributed by atoms with Gasteiger partial charge in [0.05, 0.1) is 18.1 Å². The minimum absolute atomic E-state index is 0.00752. The highest BCUT2D eigenvalue weighted by Crippen LogP contribution is 2.21. The van der Waals surface area contributed by atoms with Crippen LogP contribution >= 0.6 is 0 Å². The molecule has 0 aliphatic rings. The minimum atomic E-state index is -0.455. The summed E-state index contributed by atoms with van der Waals surface area (Å²) in [5, 5.41) is 13.6. The summed E-state index contributed by atoms with van der Waals surface area (Å²) < 4.78 is 5.41. The first-order chi connectivity index (χ1) is 12.4. The maximum Gasteiger partial charge on any atom is 0.269 e. The van der Waals surface area contributed by atoms with Crippen molar-refractivity contribution in [3.05, 3.63) is 63.7 Å². The zero-order valence-corrected chi connectivity index (χ0v) is 15.2. The van der Waals surface area contributed by atoms with Crippen LogP contribution in [0.3, 0.4) is 0 Å². The Morgan fingerprint density at radius 3 is 2.50 bits per heavy atom. The second-order valence-electron chi connectivity index (χ2n) is 6.05. The SMILES string of the molecule is CCOc1ccc(CN(C)CC(=O)Nc2ccc([N+](=O)[O-])cc2C)cc1. The fourth-order valence-electron chi connectivity index (χ4n) is 2.56. The fraction of sp³-hybridized carbons (Fsp3) is 0.316. The summed E-state index contributed by atoms with van der Waals surface area (Å²) >= 11 is 0. The number of benzene rings is 2. The molecule has 0 atom stereocenters. The van der Waals surface area contributed by atoms with E-state index >= 15 is 0 Å². The largest absolute Gasteiger partial charge is 0.494 e. The standard InChI is InChI=1S/C19H23N3O4/c1-4-26-17-8-5-15(6-9-17)12-21(3)13-19(23)20-18-10-7-16(22(24)25)11-14(18)2/h5-11H,4,12-13H2,1-3H3,(H,20,23). The number of carbonyl (C=O) groups excluding carboxylic acids is 1. The number of hydrogen-bond acceptors (Lipinski definition) is 5. The van der Waals surface area contributed by atoms with Gasteiger partial charge in [0.1, 0.15) is 5.75 Å². The van der Waals surface area contributed by atoms with Crippen molar-refractivity contribution in [3.63, 3.8) is 0 Å². The quantitative estimate of drug-likeness (QED) is 0.578. The van der Waals surface area contributed by atoms with Crippen molar-refractivity contribution >= 4 is 17.3 Å². The maximum atomic E-state index is 12.2. The van der Waals surface area contributed by atoms with Gasteiger partial charge in [-0.1, -0.05) is 12.1 Å². The lowest BCUT2D eigenvalue weighted by Crippen LogP contribution is -2.30. The van der Waals surface area contributed by atoms with Crippen molar-refractivity contribution in [2.75, 3.05) is 25.5 Å². The zero-order valence-electron chi connectivity index (χ0n) is 15.2. The van der Waals surface area contributed by atoms with Crippen LogP contribution in [0.5, 0.6) is 5.75 Å². The van der Waals surface area contributed by atoms with Gasteiger partial charge < -0.3 is 10.1 Å². The van der Waals surface area contributed by atoms with Gasteiger partial charge in [-0.25, -0.2) is 0 Å². The van der Waals surface area contributed by atoms with E-state index in [1.54, 1.807) is 13.0 Å². The van der Waals surface area contributed by atoms with E-state index in [4.69, 9.17) is 4.74 Å². The number of nitro benzene ring substituents is 1. The lowest BCUT2D eigenvalue weighted by atomic mass is 10.1. The number of anilines is 1. The van der Waals surface area contributed by atoms with Crippen LogP contribution in [0.1, 0.15) is 18.1 Å². The van der Waals surface area contributed by atoms with Gasteiger partial charge in [0.25, 0.3) is 5.69 Å². The normalized spacial score (nSPS) is 10.6. The second kappa shape index (κ2) is 8.96. The average Bonchev–Trinajstić information content (AvgIpc) is 2.58. The van der Waals surface area contributed by atoms with Crippen LogP contribution in [0.4, 0.5) is 11.4 Å². The third kappa shape index (κ3) is 5.56. The highest BCUT2D eigenvalue weighted by atomic mass is 16.6. The number of aryl methyl sites for hydroxylation is 1. The Hall–Kier alpha value is -2.93. The van der Waals surface area contributed by atoms with E-state index in [1.165, 1.54) is 12.1 Å². The van der Waals surface area contributed by atoms with E-state index in [2.05, 4.69) is 5.32 Å². The molecule has 0 radical (unpaired) electrons. The van der Waals surface area contributed by atoms with E-state index in [-0.39, 0.29) is 18.1 Å². The summed E-state index contributed by atoms with van der Waals surface area (Å²) in [6.07, 6.45) is 0. The van der Waals surface area contributed by atoms with Crippen LogP contribution in [0.25, 0.3) is 0 Å². The molecule has 138 valence electrons. The highest BCUT2D eigenvalue weighted by Gasteiger charge is 2.12. The Bertz CT molecular complexity index is 775. The molecule has 0 bridgehead atoms. The molecular weight excluding hydrogens is 334 g/mol. The zero-order chi connectivity index (χ0) is 19.1. The van der Waals surface area contributed by atoms with E-state index in [1.807, 2.05) is 43.1 Å². The predicted octanol–water partition coefficient (Wildman–Crippen LogP) is 3.37. The van der Waals surface area contributed by atoms with Gasteiger partial charge in [0.15, 0.2) is 0 Å². The first-order valence-corrected chi connectivity index (χ1v) is 8.34. The van der Waals surface area contributed by atoms with E-state index in [0.717, 1.165) is 11.3 Å². The molecule has 0 aromatic heterocycles. The number of ether oxygens (including phenoxy) is 1. The molecule has 0 heterocycles. The lowest BCUT2D eigenvalue weighted by Gasteiger charge is -2.17. The number of nitrogens with zero attached hydrogens (tertiary/aromatic N) is 2. The van der Waals surface area contributed by atoms with Gasteiger partial charge in [-0.3, -0.25) is 19.8 Å². The van der Waals surface area contributed by atoms with Crippen molar-refractivity contribution in [1.29, 1.82) is 0 Å². The Labute approximate surface area is 152 Å². The molecule has 2 aromatic rings. The number of non-ortho nitro benzene ring substituents is 1. The fourth-order valence-corrected chi connectivity index (χ4v) is 2.56. The molecular formula is C19H23N3O4. The first kappa shape index (κ1) is 19.4. The van der Waals surface area contributed by atoms with Crippen LogP contribution in [0, 0.1) is 17.0 Å². The molecule has 0 unspecified atom stereocenters. The molecule has 1 amide bonds. The number of nitrogens with one attached hydrogen (secondary N) is 1. The summed E-state index contributed by atoms with van der Waals surface area (Å²) in [4.78, 5) is 24.4. The molecule has 7 nitrogen and oxygen atoms in total. The molecule has 0 saturated heterocycles. The topological polar surface area (TPSA) is 84.7 Å². The number of rotatable bonds is 8. The van der Waals surface area contributed by atoms with Crippen molar-refractivity contribution in [3.8, 4) is 5.75 Å². The predicted molar refractivity (Wildman–Crippen MR) is 100 cm³/mol. The smallest absolute Gasteiger partial charge is 0.269 e. The summed E-state index contributed by atoms with van der Waals surface area (Å²) in [6, 6.07) is 12.1. The number of likely N-dealkylation sites (N-methyl/N-ethyl adjacent to an activating group) is 1. The lowest BCUT2D eigenvalue weighted by molar-refractivity contribution is -0.384. The van der Waals surface area contributed by atoms with Crippen LogP contribution in [-0.2, 0) is 11.3 Å². The molecule has 0 fully saturated rings. The Morgan fingerprint density at radius 1 is 1.23 bits per heavy atom. The van der Waals surface area contributed by atoms with Crippen LogP contribution in [-0.4, -0.2) is 35.9 Å². The minimum Gasteiger partial charge on any atom is -0.494 e. The Kier molecular flexibility index (Phi) is 6.68. The van der Waals surface area contributed by atoms with Gasteiger partial charge in [0, 0.05) is 24.4 Å². The monoisotopic (exact) mass is 357 g/mol. The van der Waals surface area contributed by atoms with Crippen molar-refractivity contribution < 1.29 is 14.5 Å². The number of hydrogen-bond donors (Lipinski definition) is 1. The number of nitro groups is 1. The Balaban J connectivity index is 1.89. The third-order valence-corrected chi connectivity index (χ3v) is 3.80. The third-order valence-electron chi connectivity index (χ3n) is 3.80. The van der Waals surface area contributed by atoms with Gasteiger partial charge >= 0.3 is 0 Å². The molecule has 7 heteroatoms. The van der Waals surface area contributed by atoms with Gasteiger partial charge in [-0.2, -0.15) is 0 Å². The van der Waals surface area contributed by atoms with Gasteiger partial charge in [-0.05, 0) is 50.2 Å². The highest BCUT2D eigenvalue weighted by molar-refractivity contribution is 5.93. The molecule has 1 N–H and O–H groups in total. The summed E-state index contributed by atoms with van der Waals surface area (Å²) in [5.41, 5.74) is 2.32. The van der Waals surface area contributed by atoms with Crippen LogP contribution < -0.4 is 10.1 Å². The average molecular weight is 357 g/mol. The first-order valence-electron chi connectivity index (χ1n) is 8.34. The van der Waals surface area contributed by atoms with Crippen molar-refractivity contribution in [1.82, 2.24) is 4.90 Å². The van der Waals surface area contributed by atoms with Crippen LogP contribution in [0.15, 0.2) is 42.5 Å². The number of amides is 1. The van der Waals surface area contributed by atoms with Crippen molar-refractivity contribution in [2.45, 2.75) is 20.4 Å². The van der Waals surface area contributed by atoms with E-state index < -0.39 is 4.92 Å². The van der Waals surface area contributed by atoms with Crippen molar-refractivity contribution in [2.24, 2.45) is 0 Å². The summed E-state index contributed by atoms with van der Waals surface area (Å²) in [7, 11) is 1.86. The van der Waals surface area contributed by atoms with E-state index in [9.17, 15) is 14.9 Å². The van der Waals surface area contributed by atoms with Gasteiger partial charge in [0.2, 0.25) is 5.91 Å². The summed E-state index contributed by atoms with van der Waals surface area (Å²) in [5.74, 6) is 0.653. The molecule has 26 heavy (non-hydrogen) atoms. The van der Waals surface area contributed by atoms with E-state index in [0.29, 0.717) is 24.4 Å². The molecule has 2 rings (SSSR count). The van der Waals surface area contributed by atoms with Gasteiger partial charge in [-0.15, -0.1) is 0 Å². The summed E-state index contributed by atoms with van der Waals surface area (Å²) in [6.45, 7) is 5.13. The molecule has 2 aromatic carbocycles. The number of carbonyl (C=O) groups is 1. The molecule has 0 aliphatic carbocycles. The second-order valence-corrected chi connectivity index (χ2v) is 6.05. The van der Waals surface area contributed by atoms with Crippen LogP contribution in [0.2, 0.25) is 0 Å². The molecule has 0 spiro atoms. The molecule has 0 saturated carbocycles. The Morgan fingerprint density at radius 2 is 1.92 bits per heavy atom. The maximum absolute atomic E-state index is 12.2. The molecule has 0 aliphatic heterocycles.